The van der Waals surface area contributed by atoms with E-state index in [1.54, 1.807) is 0 Å². The molecule has 66 valence electrons. The topological polar surface area (TPSA) is 32.6 Å². The molecule has 2 nitrogen and oxygen atoms in total. The SMILES string of the molecule is CC.Cc1ccccc1/C=N/O. The lowest BCUT2D eigenvalue weighted by atomic mass is 10.1. The third kappa shape index (κ3) is 3.19. The highest BCUT2D eigenvalue weighted by atomic mass is 16.4. The van der Waals surface area contributed by atoms with Gasteiger partial charge in [-0.05, 0) is 18.1 Å². The third-order valence-corrected chi connectivity index (χ3v) is 1.39. The van der Waals surface area contributed by atoms with Crippen molar-refractivity contribution in [2.75, 3.05) is 0 Å². The number of benzene rings is 1. The average molecular weight is 165 g/mol. The molecule has 0 radical (unpaired) electrons. The van der Waals surface area contributed by atoms with Gasteiger partial charge < -0.3 is 5.21 Å². The van der Waals surface area contributed by atoms with Crippen LogP contribution in [0.4, 0.5) is 0 Å². The van der Waals surface area contributed by atoms with Crippen molar-refractivity contribution < 1.29 is 5.21 Å². The van der Waals surface area contributed by atoms with Crippen molar-refractivity contribution in [3.63, 3.8) is 0 Å². The fourth-order valence-corrected chi connectivity index (χ4v) is 0.794. The predicted octanol–water partition coefficient (Wildman–Crippen LogP) is 2.83. The summed E-state index contributed by atoms with van der Waals surface area (Å²) < 4.78 is 0. The van der Waals surface area contributed by atoms with Gasteiger partial charge in [0.15, 0.2) is 0 Å². The van der Waals surface area contributed by atoms with Crippen molar-refractivity contribution in [2.24, 2.45) is 5.16 Å². The van der Waals surface area contributed by atoms with Crippen LogP contribution in [-0.2, 0) is 0 Å². The second kappa shape index (κ2) is 6.40. The minimum atomic E-state index is 0.949. The molecule has 0 heterocycles. The number of nitrogens with zero attached hydrogens (tertiary/aromatic N) is 1. The van der Waals surface area contributed by atoms with E-state index < -0.39 is 0 Å². The fraction of sp³-hybridized carbons (Fsp3) is 0.300. The molecule has 0 saturated carbocycles. The van der Waals surface area contributed by atoms with Gasteiger partial charge >= 0.3 is 0 Å². The lowest BCUT2D eigenvalue weighted by molar-refractivity contribution is 0.322. The summed E-state index contributed by atoms with van der Waals surface area (Å²) in [6, 6.07) is 7.72. The van der Waals surface area contributed by atoms with Gasteiger partial charge in [-0.3, -0.25) is 0 Å². The second-order valence-electron chi connectivity index (χ2n) is 2.10. The average Bonchev–Trinajstić information content (AvgIpc) is 2.13. The molecule has 1 N–H and O–H groups in total. The zero-order chi connectivity index (χ0) is 9.40. The van der Waals surface area contributed by atoms with E-state index in [0.717, 1.165) is 11.1 Å². The molecular formula is C10H15NO. The molecule has 0 aliphatic heterocycles. The van der Waals surface area contributed by atoms with Crippen molar-refractivity contribution in [1.82, 2.24) is 0 Å². The lowest BCUT2D eigenvalue weighted by Crippen LogP contribution is -1.84. The molecule has 12 heavy (non-hydrogen) atoms. The van der Waals surface area contributed by atoms with Crippen molar-refractivity contribution in [2.45, 2.75) is 20.8 Å². The highest BCUT2D eigenvalue weighted by molar-refractivity contribution is 5.80. The summed E-state index contributed by atoms with van der Waals surface area (Å²) >= 11 is 0. The fourth-order valence-electron chi connectivity index (χ4n) is 0.794. The van der Waals surface area contributed by atoms with E-state index in [4.69, 9.17) is 5.21 Å². The number of hydrogen-bond acceptors (Lipinski definition) is 2. The zero-order valence-corrected chi connectivity index (χ0v) is 7.78. The second-order valence-corrected chi connectivity index (χ2v) is 2.10. The monoisotopic (exact) mass is 165 g/mol. The Bertz CT molecular complexity index is 243. The molecule has 0 atom stereocenters. The van der Waals surface area contributed by atoms with Crippen LogP contribution in [0.1, 0.15) is 25.0 Å². The van der Waals surface area contributed by atoms with Crippen molar-refractivity contribution >= 4 is 6.21 Å². The molecule has 1 aromatic carbocycles. The maximum absolute atomic E-state index is 8.21. The van der Waals surface area contributed by atoms with E-state index in [2.05, 4.69) is 5.16 Å². The van der Waals surface area contributed by atoms with Crippen LogP contribution < -0.4 is 0 Å². The van der Waals surface area contributed by atoms with Crippen LogP contribution in [0.25, 0.3) is 0 Å². The molecule has 0 saturated heterocycles. The molecule has 0 fully saturated rings. The Morgan fingerprint density at radius 3 is 2.33 bits per heavy atom. The van der Waals surface area contributed by atoms with E-state index in [9.17, 15) is 0 Å². The molecule has 0 aliphatic carbocycles. The minimum absolute atomic E-state index is 0.949. The summed E-state index contributed by atoms with van der Waals surface area (Å²) in [6.45, 7) is 5.97. The summed E-state index contributed by atoms with van der Waals surface area (Å²) in [5.41, 5.74) is 2.06. The smallest absolute Gasteiger partial charge is 0.0736 e. The molecule has 1 aromatic rings. The van der Waals surface area contributed by atoms with E-state index in [-0.39, 0.29) is 0 Å². The van der Waals surface area contributed by atoms with Crippen LogP contribution in [0.15, 0.2) is 29.4 Å². The Morgan fingerprint density at radius 1 is 1.25 bits per heavy atom. The van der Waals surface area contributed by atoms with Gasteiger partial charge in [0.25, 0.3) is 0 Å². The van der Waals surface area contributed by atoms with Crippen molar-refractivity contribution in [3.8, 4) is 0 Å². The molecular weight excluding hydrogens is 150 g/mol. The van der Waals surface area contributed by atoms with Crippen LogP contribution in [0.5, 0.6) is 0 Å². The highest BCUT2D eigenvalue weighted by Crippen LogP contribution is 2.02. The Kier molecular flexibility index (Phi) is 5.70. The van der Waals surface area contributed by atoms with Crippen LogP contribution in [-0.4, -0.2) is 11.4 Å². The summed E-state index contributed by atoms with van der Waals surface area (Å²) in [4.78, 5) is 0. The third-order valence-electron chi connectivity index (χ3n) is 1.39. The van der Waals surface area contributed by atoms with Crippen molar-refractivity contribution in [3.05, 3.63) is 35.4 Å². The first-order valence-electron chi connectivity index (χ1n) is 4.07. The van der Waals surface area contributed by atoms with E-state index in [1.165, 1.54) is 6.21 Å². The van der Waals surface area contributed by atoms with Crippen molar-refractivity contribution in [1.29, 1.82) is 0 Å². The van der Waals surface area contributed by atoms with Crippen LogP contribution >= 0.6 is 0 Å². The quantitative estimate of drug-likeness (QED) is 0.387. The highest BCUT2D eigenvalue weighted by Gasteiger charge is 1.89. The van der Waals surface area contributed by atoms with Gasteiger partial charge in [-0.2, -0.15) is 0 Å². The van der Waals surface area contributed by atoms with Gasteiger partial charge in [0, 0.05) is 0 Å². The molecule has 0 bridgehead atoms. The maximum atomic E-state index is 8.21. The predicted molar refractivity (Wildman–Crippen MR) is 51.9 cm³/mol. The first kappa shape index (κ1) is 10.7. The van der Waals surface area contributed by atoms with Crippen LogP contribution in [0, 0.1) is 6.92 Å². The Morgan fingerprint density at radius 2 is 1.83 bits per heavy atom. The molecule has 0 aromatic heterocycles. The maximum Gasteiger partial charge on any atom is 0.0736 e. The van der Waals surface area contributed by atoms with Gasteiger partial charge in [0.2, 0.25) is 0 Å². The molecule has 0 aliphatic rings. The summed E-state index contributed by atoms with van der Waals surface area (Å²) in [5.74, 6) is 0. The van der Waals surface area contributed by atoms with Crippen LogP contribution in [0.2, 0.25) is 0 Å². The van der Waals surface area contributed by atoms with Gasteiger partial charge in [0.1, 0.15) is 0 Å². The summed E-state index contributed by atoms with van der Waals surface area (Å²) in [5, 5.41) is 11.2. The minimum Gasteiger partial charge on any atom is -0.411 e. The molecule has 0 spiro atoms. The molecule has 2 heteroatoms. The molecule has 1 rings (SSSR count). The lowest BCUT2D eigenvalue weighted by Gasteiger charge is -1.94. The van der Waals surface area contributed by atoms with E-state index >= 15 is 0 Å². The van der Waals surface area contributed by atoms with Gasteiger partial charge in [-0.15, -0.1) is 0 Å². The standard InChI is InChI=1S/C8H9NO.C2H6/c1-7-4-2-3-5-8(7)6-9-10;1-2/h2-6,10H,1H3;1-2H3/b9-6+;. The van der Waals surface area contributed by atoms with Gasteiger partial charge in [-0.25, -0.2) is 0 Å². The Labute approximate surface area is 73.5 Å². The number of hydrogen-bond donors (Lipinski definition) is 1. The van der Waals surface area contributed by atoms with Gasteiger partial charge in [-0.1, -0.05) is 43.3 Å². The Hall–Kier alpha value is -1.31. The number of oxime groups is 1. The van der Waals surface area contributed by atoms with Gasteiger partial charge in [0.05, 0.1) is 6.21 Å². The zero-order valence-electron chi connectivity index (χ0n) is 7.78. The molecule has 0 unspecified atom stereocenters. The van der Waals surface area contributed by atoms with E-state index in [0.29, 0.717) is 0 Å². The van der Waals surface area contributed by atoms with Crippen LogP contribution in [0.3, 0.4) is 0 Å². The largest absolute Gasteiger partial charge is 0.411 e. The first-order chi connectivity index (χ1) is 5.84. The molecule has 0 amide bonds. The van der Waals surface area contributed by atoms with E-state index in [1.807, 2.05) is 45.0 Å². The first-order valence-corrected chi connectivity index (χ1v) is 4.07. The summed E-state index contributed by atoms with van der Waals surface area (Å²) in [6.07, 6.45) is 1.43. The number of rotatable bonds is 1. The number of aryl methyl sites for hydroxylation is 1. The summed E-state index contributed by atoms with van der Waals surface area (Å²) in [7, 11) is 0. The normalized spacial score (nSPS) is 9.25. The Balaban J connectivity index is 0.000000561.